The average molecular weight is 536 g/mol. The van der Waals surface area contributed by atoms with E-state index < -0.39 is 40.2 Å². The highest BCUT2D eigenvalue weighted by Gasteiger charge is 2.32. The van der Waals surface area contributed by atoms with Gasteiger partial charge in [0.15, 0.2) is 11.5 Å². The summed E-state index contributed by atoms with van der Waals surface area (Å²) in [5, 5.41) is 2.84. The lowest BCUT2D eigenvalue weighted by Gasteiger charge is -2.32. The highest BCUT2D eigenvalue weighted by Crippen LogP contribution is 2.35. The van der Waals surface area contributed by atoms with Gasteiger partial charge in [0.2, 0.25) is 21.8 Å². The molecule has 2 amide bonds. The van der Waals surface area contributed by atoms with Crippen LogP contribution in [0.1, 0.15) is 39.7 Å². The first-order valence-electron chi connectivity index (χ1n) is 12.3. The minimum absolute atomic E-state index is 0.130. The van der Waals surface area contributed by atoms with Crippen LogP contribution < -0.4 is 19.1 Å². The summed E-state index contributed by atoms with van der Waals surface area (Å²) in [7, 11) is -3.90. The monoisotopic (exact) mass is 535 g/mol. The van der Waals surface area contributed by atoms with Crippen molar-refractivity contribution in [3.63, 3.8) is 0 Å². The van der Waals surface area contributed by atoms with Crippen molar-refractivity contribution in [2.24, 2.45) is 0 Å². The van der Waals surface area contributed by atoms with Crippen molar-refractivity contribution >= 4 is 27.5 Å². The Hall–Kier alpha value is -3.34. The van der Waals surface area contributed by atoms with E-state index in [0.29, 0.717) is 31.1 Å². The zero-order valence-corrected chi connectivity index (χ0v) is 22.4. The molecule has 37 heavy (non-hydrogen) atoms. The summed E-state index contributed by atoms with van der Waals surface area (Å²) < 4.78 is 52.7. The number of sulfonamides is 1. The van der Waals surface area contributed by atoms with Crippen LogP contribution in [0.5, 0.6) is 11.5 Å². The first-order chi connectivity index (χ1) is 17.6. The number of amides is 2. The number of nitrogens with zero attached hydrogens (tertiary/aromatic N) is 2. The van der Waals surface area contributed by atoms with Crippen molar-refractivity contribution in [1.82, 2.24) is 10.2 Å². The fourth-order valence-corrected chi connectivity index (χ4v) is 4.82. The van der Waals surface area contributed by atoms with Crippen LogP contribution >= 0.6 is 0 Å². The van der Waals surface area contributed by atoms with Crippen molar-refractivity contribution in [1.29, 1.82) is 0 Å². The number of anilines is 1. The number of rotatable bonds is 11. The van der Waals surface area contributed by atoms with Gasteiger partial charge in [-0.2, -0.15) is 0 Å². The third-order valence-electron chi connectivity index (χ3n) is 6.26. The van der Waals surface area contributed by atoms with E-state index in [2.05, 4.69) is 5.32 Å². The molecule has 0 fully saturated rings. The summed E-state index contributed by atoms with van der Waals surface area (Å²) in [5.41, 5.74) is 0.435. The molecule has 9 nitrogen and oxygen atoms in total. The van der Waals surface area contributed by atoms with Crippen LogP contribution in [0.2, 0.25) is 0 Å². The van der Waals surface area contributed by atoms with E-state index in [9.17, 15) is 22.4 Å². The van der Waals surface area contributed by atoms with E-state index >= 15 is 0 Å². The zero-order chi connectivity index (χ0) is 27.2. The van der Waals surface area contributed by atoms with Gasteiger partial charge in [0.05, 0.1) is 11.4 Å². The molecule has 2 atom stereocenters. The van der Waals surface area contributed by atoms with Gasteiger partial charge >= 0.3 is 0 Å². The minimum atomic E-state index is -3.90. The smallest absolute Gasteiger partial charge is 0.244 e. The third-order valence-corrected chi connectivity index (χ3v) is 8.00. The van der Waals surface area contributed by atoms with Crippen LogP contribution in [-0.2, 0) is 26.2 Å². The lowest BCUT2D eigenvalue weighted by molar-refractivity contribution is -0.139. The van der Waals surface area contributed by atoms with E-state index in [1.807, 2.05) is 13.8 Å². The maximum absolute atomic E-state index is 14.5. The quantitative estimate of drug-likeness (QED) is 0.474. The summed E-state index contributed by atoms with van der Waals surface area (Å²) in [6.07, 6.45) is 0.687. The standard InChI is InChI=1S/C26H34FN3O6S/c1-5-18(3)28-26(32)19(4)29(16-20-9-7-8-10-22(20)27)25(31)17-30(37(33,34)6-2)21-11-12-23-24(15-21)36-14-13-35-23/h7-12,15,18-19H,5-6,13-14,16-17H2,1-4H3,(H,28,32)/t18-,19-/m0/s1. The van der Waals surface area contributed by atoms with Gasteiger partial charge in [-0.1, -0.05) is 25.1 Å². The lowest BCUT2D eigenvalue weighted by Crippen LogP contribution is -2.52. The molecule has 0 spiro atoms. The Kier molecular flexibility index (Phi) is 9.36. The second kappa shape index (κ2) is 12.3. The molecule has 0 bridgehead atoms. The number of carbonyl (C=O) groups excluding carboxylic acids is 2. The highest BCUT2D eigenvalue weighted by atomic mass is 32.2. The van der Waals surface area contributed by atoms with Gasteiger partial charge in [0.1, 0.15) is 31.6 Å². The van der Waals surface area contributed by atoms with Crippen LogP contribution in [0.4, 0.5) is 10.1 Å². The van der Waals surface area contributed by atoms with Gasteiger partial charge in [-0.25, -0.2) is 12.8 Å². The number of nitrogens with one attached hydrogen (secondary N) is 1. The second-order valence-electron chi connectivity index (χ2n) is 8.84. The van der Waals surface area contributed by atoms with Gasteiger partial charge in [-0.05, 0) is 45.4 Å². The van der Waals surface area contributed by atoms with Gasteiger partial charge in [0.25, 0.3) is 0 Å². The molecule has 1 aliphatic heterocycles. The largest absolute Gasteiger partial charge is 0.486 e. The molecular weight excluding hydrogens is 501 g/mol. The van der Waals surface area contributed by atoms with E-state index in [0.717, 1.165) is 4.31 Å². The Bertz CT molecular complexity index is 1220. The van der Waals surface area contributed by atoms with Crippen LogP contribution in [0.15, 0.2) is 42.5 Å². The first-order valence-corrected chi connectivity index (χ1v) is 13.9. The van der Waals surface area contributed by atoms with Crippen molar-refractivity contribution in [3.05, 3.63) is 53.8 Å². The van der Waals surface area contributed by atoms with Gasteiger partial charge in [-0.15, -0.1) is 0 Å². The Morgan fingerprint density at radius 1 is 1.05 bits per heavy atom. The summed E-state index contributed by atoms with van der Waals surface area (Å²) in [6, 6.07) is 9.48. The van der Waals surface area contributed by atoms with E-state index in [-0.39, 0.29) is 29.6 Å². The summed E-state index contributed by atoms with van der Waals surface area (Å²) in [5.74, 6) is -1.000. The molecular formula is C26H34FN3O6S. The molecule has 0 saturated heterocycles. The minimum Gasteiger partial charge on any atom is -0.486 e. The predicted molar refractivity (Wildman–Crippen MR) is 139 cm³/mol. The predicted octanol–water partition coefficient (Wildman–Crippen LogP) is 3.09. The topological polar surface area (TPSA) is 105 Å². The molecule has 0 radical (unpaired) electrons. The number of benzene rings is 2. The Labute approximate surface area is 217 Å². The number of ether oxygens (including phenoxy) is 2. The normalized spacial score (nSPS) is 14.4. The average Bonchev–Trinajstić information content (AvgIpc) is 2.90. The zero-order valence-electron chi connectivity index (χ0n) is 21.6. The molecule has 11 heteroatoms. The molecule has 2 aromatic rings. The molecule has 0 unspecified atom stereocenters. The number of hydrogen-bond acceptors (Lipinski definition) is 6. The molecule has 2 aromatic carbocycles. The van der Waals surface area contributed by atoms with Crippen LogP contribution in [0.3, 0.4) is 0 Å². The number of halogens is 1. The van der Waals surface area contributed by atoms with Crippen molar-refractivity contribution in [2.45, 2.75) is 52.7 Å². The van der Waals surface area contributed by atoms with Crippen LogP contribution in [-0.4, -0.2) is 62.7 Å². The van der Waals surface area contributed by atoms with E-state index in [1.165, 1.54) is 42.2 Å². The summed E-state index contributed by atoms with van der Waals surface area (Å²) >= 11 is 0. The lowest BCUT2D eigenvalue weighted by atomic mass is 10.1. The fraction of sp³-hybridized carbons (Fsp3) is 0.462. The van der Waals surface area contributed by atoms with E-state index in [1.54, 1.807) is 19.1 Å². The molecule has 1 aliphatic rings. The molecule has 202 valence electrons. The molecule has 1 heterocycles. The SMILES string of the molecule is CC[C@H](C)NC(=O)[C@H](C)N(Cc1ccccc1F)C(=O)CN(c1ccc2c(c1)OCCO2)S(=O)(=O)CC. The molecule has 0 aromatic heterocycles. The maximum Gasteiger partial charge on any atom is 0.244 e. The van der Waals surface area contributed by atoms with E-state index in [4.69, 9.17) is 9.47 Å². The number of hydrogen-bond donors (Lipinski definition) is 1. The third kappa shape index (κ3) is 6.91. The molecule has 0 aliphatic carbocycles. The summed E-state index contributed by atoms with van der Waals surface area (Å²) in [4.78, 5) is 27.8. The fourth-order valence-electron chi connectivity index (χ4n) is 3.77. The Morgan fingerprint density at radius 2 is 1.73 bits per heavy atom. The molecule has 0 saturated carbocycles. The number of fused-ring (bicyclic) bond motifs is 1. The molecule has 3 rings (SSSR count). The first kappa shape index (κ1) is 28.2. The second-order valence-corrected chi connectivity index (χ2v) is 11.0. The van der Waals surface area contributed by atoms with Crippen molar-refractivity contribution in [3.8, 4) is 11.5 Å². The molecule has 1 N–H and O–H groups in total. The van der Waals surface area contributed by atoms with Crippen LogP contribution in [0.25, 0.3) is 0 Å². The van der Waals surface area contributed by atoms with Gasteiger partial charge in [-0.3, -0.25) is 13.9 Å². The highest BCUT2D eigenvalue weighted by molar-refractivity contribution is 7.92. The summed E-state index contributed by atoms with van der Waals surface area (Å²) in [6.45, 7) is 6.68. The maximum atomic E-state index is 14.5. The Balaban J connectivity index is 1.95. The van der Waals surface area contributed by atoms with Crippen LogP contribution in [0, 0.1) is 5.82 Å². The Morgan fingerprint density at radius 3 is 2.38 bits per heavy atom. The van der Waals surface area contributed by atoms with Gasteiger partial charge in [0, 0.05) is 24.2 Å². The van der Waals surface area contributed by atoms with Crippen molar-refractivity contribution < 1.29 is 31.9 Å². The van der Waals surface area contributed by atoms with Crippen molar-refractivity contribution in [2.75, 3.05) is 29.8 Å². The number of carbonyl (C=O) groups is 2. The van der Waals surface area contributed by atoms with Gasteiger partial charge < -0.3 is 19.7 Å².